The number of aliphatic hydroxyl groups excluding tert-OH is 1. The van der Waals surface area contributed by atoms with Crippen LogP contribution in [0.4, 0.5) is 5.82 Å². The highest BCUT2D eigenvalue weighted by molar-refractivity contribution is 9.10. The van der Waals surface area contributed by atoms with Crippen LogP contribution in [0.3, 0.4) is 0 Å². The zero-order chi connectivity index (χ0) is 19.1. The Kier molecular flexibility index (Phi) is 4.19. The number of aromatic nitrogens is 1. The molecule has 3 aromatic rings. The number of carbonyl (C=O) groups excluding carboxylic acids is 2. The zero-order valence-corrected chi connectivity index (χ0v) is 15.6. The van der Waals surface area contributed by atoms with Gasteiger partial charge in [0.05, 0.1) is 17.9 Å². The first-order valence-electron chi connectivity index (χ1n) is 8.01. The summed E-state index contributed by atoms with van der Waals surface area (Å²) >= 11 is 3.37. The lowest BCUT2D eigenvalue weighted by Crippen LogP contribution is -2.31. The van der Waals surface area contributed by atoms with Crippen molar-refractivity contribution in [1.82, 2.24) is 5.16 Å². The molecule has 1 atom stereocenters. The van der Waals surface area contributed by atoms with E-state index in [1.165, 1.54) is 17.2 Å². The molecule has 1 aromatic carbocycles. The molecule has 0 fully saturated rings. The van der Waals surface area contributed by atoms with Gasteiger partial charge in [-0.05, 0) is 36.8 Å². The van der Waals surface area contributed by atoms with E-state index in [1.807, 2.05) is 0 Å². The number of ketones is 1. The van der Waals surface area contributed by atoms with E-state index in [1.54, 1.807) is 43.3 Å². The molecule has 1 amide bonds. The molecule has 2 aromatic heterocycles. The second kappa shape index (κ2) is 6.55. The number of furan rings is 1. The van der Waals surface area contributed by atoms with Crippen molar-refractivity contribution in [3.05, 3.63) is 81.6 Å². The highest BCUT2D eigenvalue weighted by Gasteiger charge is 2.46. The van der Waals surface area contributed by atoms with Crippen LogP contribution in [-0.4, -0.2) is 22.0 Å². The average molecular weight is 429 g/mol. The lowest BCUT2D eigenvalue weighted by Gasteiger charge is -2.24. The first-order valence-corrected chi connectivity index (χ1v) is 8.80. The van der Waals surface area contributed by atoms with Crippen LogP contribution in [0.5, 0.6) is 0 Å². The van der Waals surface area contributed by atoms with Gasteiger partial charge in [0.2, 0.25) is 5.78 Å². The van der Waals surface area contributed by atoms with E-state index in [2.05, 4.69) is 21.1 Å². The van der Waals surface area contributed by atoms with Gasteiger partial charge in [0.25, 0.3) is 5.91 Å². The third kappa shape index (κ3) is 2.87. The Morgan fingerprint density at radius 2 is 2.00 bits per heavy atom. The average Bonchev–Trinajstić information content (AvgIpc) is 3.37. The summed E-state index contributed by atoms with van der Waals surface area (Å²) in [4.78, 5) is 27.0. The quantitative estimate of drug-likeness (QED) is 0.627. The third-order valence-electron chi connectivity index (χ3n) is 4.25. The zero-order valence-electron chi connectivity index (χ0n) is 14.0. The second-order valence-electron chi connectivity index (χ2n) is 5.99. The molecule has 0 spiro atoms. The number of benzene rings is 1. The Hall–Kier alpha value is -3.13. The maximum Gasteiger partial charge on any atom is 0.295 e. The van der Waals surface area contributed by atoms with Crippen LogP contribution in [0.25, 0.3) is 0 Å². The maximum absolute atomic E-state index is 13.0. The van der Waals surface area contributed by atoms with Crippen molar-refractivity contribution < 1.29 is 23.6 Å². The standard InChI is InChI=1S/C19H13BrN2O5/c1-10-9-14(21-27-10)22-16(11-4-6-12(20)7-5-11)15(18(24)19(22)25)17(23)13-3-2-8-26-13/h2-9,16,24H,1H3/t16-/m1/s1. The number of aliphatic hydroxyl groups is 1. The SMILES string of the molecule is Cc1cc(N2C(=O)C(O)=C(C(=O)c3ccco3)[C@H]2c2ccc(Br)cc2)no1. The van der Waals surface area contributed by atoms with Crippen molar-refractivity contribution >= 4 is 33.4 Å². The van der Waals surface area contributed by atoms with Crippen molar-refractivity contribution in [1.29, 1.82) is 0 Å². The summed E-state index contributed by atoms with van der Waals surface area (Å²) in [7, 11) is 0. The molecule has 0 radical (unpaired) electrons. The van der Waals surface area contributed by atoms with Crippen LogP contribution in [-0.2, 0) is 4.79 Å². The van der Waals surface area contributed by atoms with Gasteiger partial charge in [0.1, 0.15) is 5.76 Å². The molecule has 3 heterocycles. The van der Waals surface area contributed by atoms with Gasteiger partial charge in [-0.1, -0.05) is 33.2 Å². The number of halogens is 1. The molecule has 1 aliphatic rings. The summed E-state index contributed by atoms with van der Waals surface area (Å²) in [6, 6.07) is 10.8. The molecule has 8 heteroatoms. The summed E-state index contributed by atoms with van der Waals surface area (Å²) in [5.74, 6) is -1.20. The van der Waals surface area contributed by atoms with Gasteiger partial charge in [0, 0.05) is 10.5 Å². The largest absolute Gasteiger partial charge is 0.503 e. The first kappa shape index (κ1) is 17.3. The Bertz CT molecular complexity index is 1050. The molecule has 0 saturated carbocycles. The number of hydrogen-bond donors (Lipinski definition) is 1. The second-order valence-corrected chi connectivity index (χ2v) is 6.91. The van der Waals surface area contributed by atoms with Gasteiger partial charge in [-0.2, -0.15) is 0 Å². The van der Waals surface area contributed by atoms with Crippen LogP contribution in [0.15, 0.2) is 73.5 Å². The number of amides is 1. The van der Waals surface area contributed by atoms with Crippen LogP contribution >= 0.6 is 15.9 Å². The fourth-order valence-electron chi connectivity index (χ4n) is 3.04. The third-order valence-corrected chi connectivity index (χ3v) is 4.77. The summed E-state index contributed by atoms with van der Waals surface area (Å²) in [5, 5.41) is 14.4. The molecule has 1 aliphatic heterocycles. The van der Waals surface area contributed by atoms with E-state index in [0.29, 0.717) is 11.3 Å². The maximum atomic E-state index is 13.0. The monoisotopic (exact) mass is 428 g/mol. The van der Waals surface area contributed by atoms with Gasteiger partial charge in [-0.15, -0.1) is 0 Å². The number of anilines is 1. The highest BCUT2D eigenvalue weighted by Crippen LogP contribution is 2.41. The number of aryl methyl sites for hydroxylation is 1. The molecule has 1 N–H and O–H groups in total. The lowest BCUT2D eigenvalue weighted by molar-refractivity contribution is -0.117. The van der Waals surface area contributed by atoms with Crippen LogP contribution in [0.2, 0.25) is 0 Å². The molecule has 0 unspecified atom stereocenters. The summed E-state index contributed by atoms with van der Waals surface area (Å²) in [6.45, 7) is 1.69. The lowest BCUT2D eigenvalue weighted by atomic mass is 9.95. The molecule has 0 saturated heterocycles. The van der Waals surface area contributed by atoms with Gasteiger partial charge in [-0.25, -0.2) is 0 Å². The van der Waals surface area contributed by atoms with Crippen LogP contribution < -0.4 is 4.90 Å². The van der Waals surface area contributed by atoms with Crippen molar-refractivity contribution in [2.45, 2.75) is 13.0 Å². The normalized spacial score (nSPS) is 17.0. The molecule has 0 bridgehead atoms. The first-order chi connectivity index (χ1) is 13.0. The Morgan fingerprint density at radius 1 is 1.26 bits per heavy atom. The predicted octanol–water partition coefficient (Wildman–Crippen LogP) is 4.12. The van der Waals surface area contributed by atoms with Crippen LogP contribution in [0, 0.1) is 6.92 Å². The van der Waals surface area contributed by atoms with E-state index in [4.69, 9.17) is 8.94 Å². The molecular weight excluding hydrogens is 416 g/mol. The summed E-state index contributed by atoms with van der Waals surface area (Å²) in [5.41, 5.74) is 0.559. The van der Waals surface area contributed by atoms with Crippen molar-refractivity contribution in [2.75, 3.05) is 4.90 Å². The van der Waals surface area contributed by atoms with E-state index in [0.717, 1.165) is 4.47 Å². The number of rotatable bonds is 4. The predicted molar refractivity (Wildman–Crippen MR) is 98.3 cm³/mol. The highest BCUT2D eigenvalue weighted by atomic mass is 79.9. The van der Waals surface area contributed by atoms with Gasteiger partial charge < -0.3 is 14.0 Å². The molecule has 7 nitrogen and oxygen atoms in total. The minimum absolute atomic E-state index is 0.0321. The minimum atomic E-state index is -0.868. The summed E-state index contributed by atoms with van der Waals surface area (Å²) in [6.07, 6.45) is 1.36. The number of nitrogens with zero attached hydrogens (tertiary/aromatic N) is 2. The van der Waals surface area contributed by atoms with E-state index in [9.17, 15) is 14.7 Å². The fraction of sp³-hybridized carbons (Fsp3) is 0.105. The van der Waals surface area contributed by atoms with Crippen molar-refractivity contribution in [2.24, 2.45) is 0 Å². The van der Waals surface area contributed by atoms with E-state index in [-0.39, 0.29) is 17.2 Å². The fourth-order valence-corrected chi connectivity index (χ4v) is 3.31. The number of carbonyl (C=O) groups is 2. The minimum Gasteiger partial charge on any atom is -0.503 e. The van der Waals surface area contributed by atoms with E-state index < -0.39 is 23.5 Å². The summed E-state index contributed by atoms with van der Waals surface area (Å²) < 4.78 is 11.1. The molecule has 136 valence electrons. The van der Waals surface area contributed by atoms with Gasteiger partial charge in [-0.3, -0.25) is 14.5 Å². The van der Waals surface area contributed by atoms with Crippen LogP contribution in [0.1, 0.15) is 27.9 Å². The van der Waals surface area contributed by atoms with Gasteiger partial charge >= 0.3 is 0 Å². The molecule has 0 aliphatic carbocycles. The number of hydrogen-bond acceptors (Lipinski definition) is 6. The number of Topliss-reactive ketones (excluding diaryl/α,β-unsaturated/α-hetero) is 1. The Morgan fingerprint density at radius 3 is 2.59 bits per heavy atom. The smallest absolute Gasteiger partial charge is 0.295 e. The van der Waals surface area contributed by atoms with Gasteiger partial charge in [0.15, 0.2) is 17.3 Å². The molecule has 27 heavy (non-hydrogen) atoms. The molecule has 4 rings (SSSR count). The van der Waals surface area contributed by atoms with Crippen molar-refractivity contribution in [3.8, 4) is 0 Å². The topological polar surface area (TPSA) is 96.8 Å². The Labute approximate surface area is 162 Å². The molecular formula is C19H13BrN2O5. The Balaban J connectivity index is 1.88. The van der Waals surface area contributed by atoms with Crippen molar-refractivity contribution in [3.63, 3.8) is 0 Å². The van der Waals surface area contributed by atoms with E-state index >= 15 is 0 Å².